The number of aliphatic hydroxyl groups excluding tert-OH is 1. The van der Waals surface area contributed by atoms with Crippen molar-refractivity contribution in [3.05, 3.63) is 11.8 Å². The molecule has 0 bridgehead atoms. The van der Waals surface area contributed by atoms with E-state index in [-0.39, 0.29) is 17.7 Å². The standard InChI is InChI=1S/C11H19N3O3S/c1-8-4-2-3-5-10(8)14-18(16,17)11-9(7-15)6-12-13-11/h6,8,10,14-15H,2-5,7H2,1H3,(H,12,13). The zero-order valence-electron chi connectivity index (χ0n) is 10.4. The van der Waals surface area contributed by atoms with Crippen molar-refractivity contribution in [2.24, 2.45) is 5.92 Å². The highest BCUT2D eigenvalue weighted by atomic mass is 32.2. The third kappa shape index (κ3) is 2.73. The quantitative estimate of drug-likeness (QED) is 0.754. The summed E-state index contributed by atoms with van der Waals surface area (Å²) in [6, 6.07) is -0.0291. The molecule has 1 saturated carbocycles. The third-order valence-corrected chi connectivity index (χ3v) is 5.04. The molecule has 3 N–H and O–H groups in total. The number of hydrogen-bond donors (Lipinski definition) is 3. The second-order valence-corrected chi connectivity index (χ2v) is 6.52. The Hall–Kier alpha value is -0.920. The molecule has 1 aromatic rings. The third-order valence-electron chi connectivity index (χ3n) is 3.54. The Morgan fingerprint density at radius 2 is 2.22 bits per heavy atom. The minimum absolute atomic E-state index is 0.0252. The monoisotopic (exact) mass is 273 g/mol. The van der Waals surface area contributed by atoms with Crippen LogP contribution in [0.2, 0.25) is 0 Å². The first-order valence-corrected chi connectivity index (χ1v) is 7.68. The Bertz CT molecular complexity index is 497. The van der Waals surface area contributed by atoms with Crippen LogP contribution < -0.4 is 4.72 Å². The van der Waals surface area contributed by atoms with Gasteiger partial charge in [-0.15, -0.1) is 0 Å². The zero-order valence-corrected chi connectivity index (χ0v) is 11.2. The molecule has 1 fully saturated rings. The molecule has 1 aliphatic rings. The van der Waals surface area contributed by atoms with E-state index in [2.05, 4.69) is 21.8 Å². The summed E-state index contributed by atoms with van der Waals surface area (Å²) < 4.78 is 27.1. The number of H-pyrrole nitrogens is 1. The number of aromatic nitrogens is 2. The van der Waals surface area contributed by atoms with Gasteiger partial charge in [0.05, 0.1) is 12.8 Å². The topological polar surface area (TPSA) is 95.1 Å². The van der Waals surface area contributed by atoms with Gasteiger partial charge >= 0.3 is 0 Å². The molecular formula is C11H19N3O3S. The average molecular weight is 273 g/mol. The Morgan fingerprint density at radius 3 is 2.89 bits per heavy atom. The van der Waals surface area contributed by atoms with Crippen molar-refractivity contribution < 1.29 is 13.5 Å². The van der Waals surface area contributed by atoms with Gasteiger partial charge in [-0.3, -0.25) is 5.10 Å². The Labute approximate surface area is 107 Å². The molecule has 6 nitrogen and oxygen atoms in total. The summed E-state index contributed by atoms with van der Waals surface area (Å²) in [4.78, 5) is 0. The normalized spacial score (nSPS) is 25.2. The van der Waals surface area contributed by atoms with Crippen molar-refractivity contribution in [3.63, 3.8) is 0 Å². The minimum atomic E-state index is -3.62. The predicted molar refractivity (Wildman–Crippen MR) is 66.3 cm³/mol. The summed E-state index contributed by atoms with van der Waals surface area (Å²) in [5.41, 5.74) is 0.297. The molecular weight excluding hydrogens is 254 g/mol. The molecule has 0 aromatic carbocycles. The fraction of sp³-hybridized carbons (Fsp3) is 0.727. The van der Waals surface area contributed by atoms with Crippen molar-refractivity contribution >= 4 is 10.0 Å². The maximum Gasteiger partial charge on any atom is 0.258 e. The van der Waals surface area contributed by atoms with Crippen LogP contribution in [0.5, 0.6) is 0 Å². The molecule has 0 amide bonds. The number of nitrogens with zero attached hydrogens (tertiary/aromatic N) is 1. The van der Waals surface area contributed by atoms with Crippen LogP contribution in [0.15, 0.2) is 11.2 Å². The summed E-state index contributed by atoms with van der Waals surface area (Å²) >= 11 is 0. The first-order chi connectivity index (χ1) is 8.54. The minimum Gasteiger partial charge on any atom is -0.392 e. The highest BCUT2D eigenvalue weighted by Gasteiger charge is 2.28. The van der Waals surface area contributed by atoms with Crippen LogP contribution in [0, 0.1) is 5.92 Å². The first-order valence-electron chi connectivity index (χ1n) is 6.20. The molecule has 102 valence electrons. The van der Waals surface area contributed by atoms with Crippen molar-refractivity contribution in [1.82, 2.24) is 14.9 Å². The van der Waals surface area contributed by atoms with Gasteiger partial charge in [-0.25, -0.2) is 13.1 Å². The molecule has 2 rings (SSSR count). The molecule has 2 atom stereocenters. The fourth-order valence-corrected chi connectivity index (χ4v) is 3.90. The number of sulfonamides is 1. The van der Waals surface area contributed by atoms with Crippen molar-refractivity contribution in [1.29, 1.82) is 0 Å². The molecule has 0 saturated heterocycles. The molecule has 0 aliphatic heterocycles. The van der Waals surface area contributed by atoms with Crippen LogP contribution in [-0.2, 0) is 16.6 Å². The summed E-state index contributed by atoms with van der Waals surface area (Å²) in [6.45, 7) is 1.72. The lowest BCUT2D eigenvalue weighted by atomic mass is 9.87. The second kappa shape index (κ2) is 5.38. The largest absolute Gasteiger partial charge is 0.392 e. The molecule has 1 aliphatic carbocycles. The van der Waals surface area contributed by atoms with Gasteiger partial charge in [-0.2, -0.15) is 5.10 Å². The van der Waals surface area contributed by atoms with E-state index in [1.165, 1.54) is 6.20 Å². The molecule has 0 radical (unpaired) electrons. The highest BCUT2D eigenvalue weighted by molar-refractivity contribution is 7.89. The fourth-order valence-electron chi connectivity index (χ4n) is 2.39. The number of aromatic amines is 1. The van der Waals surface area contributed by atoms with E-state index < -0.39 is 10.0 Å². The van der Waals surface area contributed by atoms with Gasteiger partial charge in [0.15, 0.2) is 5.03 Å². The van der Waals surface area contributed by atoms with E-state index in [1.807, 2.05) is 0 Å². The van der Waals surface area contributed by atoms with Gasteiger partial charge in [0, 0.05) is 11.6 Å². The van der Waals surface area contributed by atoms with Gasteiger partial charge in [-0.05, 0) is 18.8 Å². The highest BCUT2D eigenvalue weighted by Crippen LogP contribution is 2.25. The maximum absolute atomic E-state index is 12.2. The van der Waals surface area contributed by atoms with Crippen molar-refractivity contribution in [2.45, 2.75) is 50.3 Å². The van der Waals surface area contributed by atoms with E-state index in [4.69, 9.17) is 5.11 Å². The van der Waals surface area contributed by atoms with Crippen LogP contribution in [0.3, 0.4) is 0 Å². The Morgan fingerprint density at radius 1 is 1.50 bits per heavy atom. The lowest BCUT2D eigenvalue weighted by molar-refractivity contribution is 0.278. The molecule has 1 aromatic heterocycles. The van der Waals surface area contributed by atoms with Gasteiger partial charge in [0.25, 0.3) is 10.0 Å². The molecule has 0 spiro atoms. The second-order valence-electron chi connectivity index (χ2n) is 4.87. The molecule has 7 heteroatoms. The van der Waals surface area contributed by atoms with Crippen LogP contribution in [0.1, 0.15) is 38.2 Å². The number of nitrogens with one attached hydrogen (secondary N) is 2. The van der Waals surface area contributed by atoms with Gasteiger partial charge in [0.2, 0.25) is 0 Å². The van der Waals surface area contributed by atoms with E-state index in [0.717, 1.165) is 25.7 Å². The predicted octanol–water partition coefficient (Wildman–Crippen LogP) is 0.759. The van der Waals surface area contributed by atoms with E-state index >= 15 is 0 Å². The average Bonchev–Trinajstić information content (AvgIpc) is 2.81. The molecule has 18 heavy (non-hydrogen) atoms. The SMILES string of the molecule is CC1CCCCC1NS(=O)(=O)c1[nH]ncc1CO. The molecule has 2 unspecified atom stereocenters. The van der Waals surface area contributed by atoms with Crippen LogP contribution >= 0.6 is 0 Å². The first kappa shape index (κ1) is 13.5. The zero-order chi connectivity index (χ0) is 13.2. The summed E-state index contributed by atoms with van der Waals surface area (Å²) in [5.74, 6) is 0.342. The Balaban J connectivity index is 2.16. The lowest BCUT2D eigenvalue weighted by Gasteiger charge is -2.29. The summed E-state index contributed by atoms with van der Waals surface area (Å²) in [7, 11) is -3.62. The number of rotatable bonds is 4. The van der Waals surface area contributed by atoms with Crippen molar-refractivity contribution in [2.75, 3.05) is 0 Å². The molecule has 1 heterocycles. The van der Waals surface area contributed by atoms with E-state index in [1.54, 1.807) is 0 Å². The van der Waals surface area contributed by atoms with Crippen LogP contribution in [0.4, 0.5) is 0 Å². The Kier molecular flexibility index (Phi) is 4.04. The summed E-state index contributed by atoms with van der Waals surface area (Å²) in [6.07, 6.45) is 5.45. The van der Waals surface area contributed by atoms with Crippen LogP contribution in [-0.4, -0.2) is 29.8 Å². The maximum atomic E-state index is 12.2. The van der Waals surface area contributed by atoms with Gasteiger partial charge in [-0.1, -0.05) is 19.8 Å². The van der Waals surface area contributed by atoms with Gasteiger partial charge in [0.1, 0.15) is 0 Å². The van der Waals surface area contributed by atoms with E-state index in [0.29, 0.717) is 11.5 Å². The van der Waals surface area contributed by atoms with Crippen LogP contribution in [0.25, 0.3) is 0 Å². The lowest BCUT2D eigenvalue weighted by Crippen LogP contribution is -2.41. The number of aliphatic hydroxyl groups is 1. The van der Waals surface area contributed by atoms with Crippen molar-refractivity contribution in [3.8, 4) is 0 Å². The van der Waals surface area contributed by atoms with Gasteiger partial charge < -0.3 is 5.11 Å². The number of hydrogen-bond acceptors (Lipinski definition) is 4. The summed E-state index contributed by atoms with van der Waals surface area (Å²) in [5, 5.41) is 15.2. The smallest absolute Gasteiger partial charge is 0.258 e. The van der Waals surface area contributed by atoms with E-state index in [9.17, 15) is 8.42 Å².